The van der Waals surface area contributed by atoms with Crippen molar-refractivity contribution in [3.8, 4) is 0 Å². The molecule has 1 unspecified atom stereocenters. The summed E-state index contributed by atoms with van der Waals surface area (Å²) < 4.78 is 18.9. The second-order valence-electron chi connectivity index (χ2n) is 4.12. The first kappa shape index (κ1) is 12.0. The molecule has 2 rings (SSSR count). The Morgan fingerprint density at radius 1 is 1.53 bits per heavy atom. The second-order valence-corrected chi connectivity index (χ2v) is 4.12. The quantitative estimate of drug-likeness (QED) is 0.788. The first-order valence-corrected chi connectivity index (χ1v) is 5.87. The van der Waals surface area contributed by atoms with Crippen LogP contribution in [0.4, 0.5) is 4.39 Å². The second kappa shape index (κ2) is 5.27. The number of rotatable bonds is 2. The molecule has 1 atom stereocenters. The maximum atomic E-state index is 13.5. The van der Waals surface area contributed by atoms with Crippen molar-refractivity contribution in [2.75, 3.05) is 19.8 Å². The van der Waals surface area contributed by atoms with E-state index in [4.69, 9.17) is 4.74 Å². The monoisotopic (exact) mass is 237 g/mol. The largest absolute Gasteiger partial charge is 0.377 e. The van der Waals surface area contributed by atoms with Gasteiger partial charge in [0.1, 0.15) is 5.82 Å². The van der Waals surface area contributed by atoms with E-state index in [0.29, 0.717) is 19.8 Å². The van der Waals surface area contributed by atoms with Gasteiger partial charge in [-0.15, -0.1) is 0 Å². The van der Waals surface area contributed by atoms with Crippen LogP contribution in [0.2, 0.25) is 0 Å². The zero-order chi connectivity index (χ0) is 12.3. The van der Waals surface area contributed by atoms with Crippen molar-refractivity contribution < 1.29 is 13.9 Å². The smallest absolute Gasteiger partial charge is 0.257 e. The highest BCUT2D eigenvalue weighted by Crippen LogP contribution is 2.16. The van der Waals surface area contributed by atoms with Crippen LogP contribution in [0, 0.1) is 5.82 Å². The lowest BCUT2D eigenvalue weighted by Crippen LogP contribution is -2.48. The van der Waals surface area contributed by atoms with Crippen molar-refractivity contribution in [1.29, 1.82) is 0 Å². The van der Waals surface area contributed by atoms with E-state index in [1.165, 1.54) is 12.1 Å². The first-order chi connectivity index (χ1) is 8.24. The zero-order valence-electron chi connectivity index (χ0n) is 9.86. The predicted molar refractivity (Wildman–Crippen MR) is 62.3 cm³/mol. The summed E-state index contributed by atoms with van der Waals surface area (Å²) in [7, 11) is 0. The van der Waals surface area contributed by atoms with Gasteiger partial charge in [-0.1, -0.05) is 19.1 Å². The Balaban J connectivity index is 2.21. The molecule has 0 bridgehead atoms. The van der Waals surface area contributed by atoms with E-state index in [9.17, 15) is 9.18 Å². The number of ether oxygens (including phenoxy) is 1. The molecule has 4 heteroatoms. The molecule has 0 saturated carbocycles. The summed E-state index contributed by atoms with van der Waals surface area (Å²) in [5, 5.41) is 0. The minimum Gasteiger partial charge on any atom is -0.377 e. The number of halogens is 1. The molecule has 1 aliphatic rings. The maximum Gasteiger partial charge on any atom is 0.257 e. The molecule has 17 heavy (non-hydrogen) atoms. The molecule has 1 heterocycles. The fraction of sp³-hybridized carbons (Fsp3) is 0.462. The average molecular weight is 237 g/mol. The van der Waals surface area contributed by atoms with Gasteiger partial charge in [-0.3, -0.25) is 4.79 Å². The van der Waals surface area contributed by atoms with E-state index < -0.39 is 5.82 Å². The van der Waals surface area contributed by atoms with Crippen LogP contribution >= 0.6 is 0 Å². The van der Waals surface area contributed by atoms with E-state index in [2.05, 4.69) is 0 Å². The zero-order valence-corrected chi connectivity index (χ0v) is 9.86. The summed E-state index contributed by atoms with van der Waals surface area (Å²) >= 11 is 0. The first-order valence-electron chi connectivity index (χ1n) is 5.87. The van der Waals surface area contributed by atoms with Crippen LogP contribution in [0.1, 0.15) is 23.7 Å². The minimum atomic E-state index is -0.459. The number of benzene rings is 1. The van der Waals surface area contributed by atoms with Crippen LogP contribution in [0.3, 0.4) is 0 Å². The number of amides is 1. The number of morpholine rings is 1. The van der Waals surface area contributed by atoms with Crippen molar-refractivity contribution in [2.45, 2.75) is 19.4 Å². The lowest BCUT2D eigenvalue weighted by molar-refractivity contribution is -0.00303. The number of carbonyl (C=O) groups is 1. The lowest BCUT2D eigenvalue weighted by Gasteiger charge is -2.35. The normalized spacial score (nSPS) is 20.4. The van der Waals surface area contributed by atoms with Gasteiger partial charge in [0.05, 0.1) is 24.8 Å². The van der Waals surface area contributed by atoms with Gasteiger partial charge in [0.2, 0.25) is 0 Å². The maximum absolute atomic E-state index is 13.5. The molecule has 1 fully saturated rings. The van der Waals surface area contributed by atoms with Crippen LogP contribution in [0.15, 0.2) is 24.3 Å². The van der Waals surface area contributed by atoms with Gasteiger partial charge in [0.25, 0.3) is 5.91 Å². The summed E-state index contributed by atoms with van der Waals surface area (Å²) in [5.74, 6) is -0.697. The topological polar surface area (TPSA) is 29.5 Å². The Kier molecular flexibility index (Phi) is 3.74. The molecule has 1 aliphatic heterocycles. The number of carbonyl (C=O) groups excluding carboxylic acids is 1. The lowest BCUT2D eigenvalue weighted by atomic mass is 10.1. The van der Waals surface area contributed by atoms with E-state index in [0.717, 1.165) is 6.42 Å². The van der Waals surface area contributed by atoms with Crippen LogP contribution in [-0.2, 0) is 4.74 Å². The fourth-order valence-corrected chi connectivity index (χ4v) is 2.05. The highest BCUT2D eigenvalue weighted by atomic mass is 19.1. The summed E-state index contributed by atoms with van der Waals surface area (Å²) in [6.07, 6.45) is 0.820. The third-order valence-electron chi connectivity index (χ3n) is 3.06. The molecule has 1 saturated heterocycles. The summed E-state index contributed by atoms with van der Waals surface area (Å²) in [5.41, 5.74) is 0.146. The van der Waals surface area contributed by atoms with Gasteiger partial charge in [0.15, 0.2) is 0 Å². The van der Waals surface area contributed by atoms with E-state index >= 15 is 0 Å². The van der Waals surface area contributed by atoms with Crippen molar-refractivity contribution >= 4 is 5.91 Å². The van der Waals surface area contributed by atoms with E-state index in [1.807, 2.05) is 6.92 Å². The number of hydrogen-bond donors (Lipinski definition) is 0. The summed E-state index contributed by atoms with van der Waals surface area (Å²) in [6.45, 7) is 3.60. The molecule has 0 radical (unpaired) electrons. The van der Waals surface area contributed by atoms with E-state index in [-0.39, 0.29) is 17.5 Å². The van der Waals surface area contributed by atoms with Crippen molar-refractivity contribution in [3.05, 3.63) is 35.6 Å². The Bertz CT molecular complexity index is 408. The van der Waals surface area contributed by atoms with Gasteiger partial charge in [-0.05, 0) is 18.6 Å². The van der Waals surface area contributed by atoms with Crippen molar-refractivity contribution in [3.63, 3.8) is 0 Å². The molecule has 1 aromatic rings. The molecular weight excluding hydrogens is 221 g/mol. The van der Waals surface area contributed by atoms with Gasteiger partial charge >= 0.3 is 0 Å². The number of hydrogen-bond acceptors (Lipinski definition) is 2. The molecule has 1 amide bonds. The molecule has 0 aromatic heterocycles. The van der Waals surface area contributed by atoms with Crippen LogP contribution in [0.5, 0.6) is 0 Å². The molecule has 1 aromatic carbocycles. The Morgan fingerprint density at radius 2 is 2.29 bits per heavy atom. The third-order valence-corrected chi connectivity index (χ3v) is 3.06. The van der Waals surface area contributed by atoms with E-state index in [1.54, 1.807) is 17.0 Å². The van der Waals surface area contributed by atoms with Crippen molar-refractivity contribution in [2.24, 2.45) is 0 Å². The molecule has 0 spiro atoms. The van der Waals surface area contributed by atoms with Crippen LogP contribution in [0.25, 0.3) is 0 Å². The number of nitrogens with zero attached hydrogens (tertiary/aromatic N) is 1. The Hall–Kier alpha value is -1.42. The van der Waals surface area contributed by atoms with Gasteiger partial charge in [-0.2, -0.15) is 0 Å². The van der Waals surface area contributed by atoms with Crippen LogP contribution < -0.4 is 0 Å². The van der Waals surface area contributed by atoms with Gasteiger partial charge < -0.3 is 9.64 Å². The highest BCUT2D eigenvalue weighted by molar-refractivity contribution is 5.94. The minimum absolute atomic E-state index is 0.0517. The third kappa shape index (κ3) is 2.47. The van der Waals surface area contributed by atoms with Gasteiger partial charge in [0, 0.05) is 6.54 Å². The fourth-order valence-electron chi connectivity index (χ4n) is 2.05. The summed E-state index contributed by atoms with van der Waals surface area (Å²) in [6, 6.07) is 6.16. The summed E-state index contributed by atoms with van der Waals surface area (Å²) in [4.78, 5) is 13.9. The molecule has 0 aliphatic carbocycles. The Morgan fingerprint density at radius 3 is 3.00 bits per heavy atom. The standard InChI is InChI=1S/C13H16FNO2/c1-2-10-9-17-8-7-15(10)13(16)11-5-3-4-6-12(11)14/h3-6,10H,2,7-9H2,1H3. The van der Waals surface area contributed by atoms with Crippen molar-refractivity contribution in [1.82, 2.24) is 4.90 Å². The van der Waals surface area contributed by atoms with Gasteiger partial charge in [-0.25, -0.2) is 4.39 Å². The molecule has 0 N–H and O–H groups in total. The average Bonchev–Trinajstić information content (AvgIpc) is 2.38. The SMILES string of the molecule is CCC1COCCN1C(=O)c1ccccc1F. The molecule has 3 nitrogen and oxygen atoms in total. The predicted octanol–water partition coefficient (Wildman–Crippen LogP) is 2.08. The molecular formula is C13H16FNO2. The Labute approximate surface area is 100 Å². The van der Waals surface area contributed by atoms with Crippen LogP contribution in [-0.4, -0.2) is 36.6 Å². The molecule has 92 valence electrons. The highest BCUT2D eigenvalue weighted by Gasteiger charge is 2.27.